The summed E-state index contributed by atoms with van der Waals surface area (Å²) in [5.74, 6) is 2.12. The number of anilines is 1. The zero-order valence-electron chi connectivity index (χ0n) is 16.5. The third kappa shape index (κ3) is 5.63. The molecule has 0 bridgehead atoms. The highest BCUT2D eigenvalue weighted by Gasteiger charge is 2.20. The number of rotatable bonds is 7. The second-order valence-electron chi connectivity index (χ2n) is 6.76. The van der Waals surface area contributed by atoms with Gasteiger partial charge in [-0.2, -0.15) is 0 Å². The number of likely N-dealkylation sites (N-methyl/N-ethyl adjacent to an activating group) is 1. The number of urea groups is 1. The Balaban J connectivity index is 1.55. The number of carbonyl (C=O) groups excluding carboxylic acids is 1. The fraction of sp³-hybridized carbons (Fsp3) is 0.409. The number of nitrogens with zero attached hydrogens (tertiary/aromatic N) is 1. The van der Waals surface area contributed by atoms with Gasteiger partial charge in [0.15, 0.2) is 0 Å². The van der Waals surface area contributed by atoms with Crippen molar-refractivity contribution in [2.24, 2.45) is 0 Å². The average molecular weight is 384 g/mol. The van der Waals surface area contributed by atoms with Gasteiger partial charge in [-0.25, -0.2) is 4.79 Å². The summed E-state index contributed by atoms with van der Waals surface area (Å²) in [7, 11) is 1.62. The summed E-state index contributed by atoms with van der Waals surface area (Å²) in [6.07, 6.45) is 3.43. The highest BCUT2D eigenvalue weighted by molar-refractivity contribution is 5.89. The maximum absolute atomic E-state index is 12.6. The molecule has 150 valence electrons. The summed E-state index contributed by atoms with van der Waals surface area (Å²) in [5.41, 5.74) is 0.728. The van der Waals surface area contributed by atoms with E-state index in [-0.39, 0.29) is 12.1 Å². The van der Waals surface area contributed by atoms with Crippen molar-refractivity contribution in [1.82, 2.24) is 4.90 Å². The summed E-state index contributed by atoms with van der Waals surface area (Å²) in [5, 5.41) is 2.95. The molecule has 3 rings (SSSR count). The van der Waals surface area contributed by atoms with Gasteiger partial charge in [0, 0.05) is 31.5 Å². The number of benzene rings is 2. The van der Waals surface area contributed by atoms with Crippen molar-refractivity contribution in [3.8, 4) is 17.2 Å². The molecule has 1 fully saturated rings. The lowest BCUT2D eigenvalue weighted by Gasteiger charge is -2.29. The van der Waals surface area contributed by atoms with Crippen LogP contribution in [0.5, 0.6) is 17.2 Å². The van der Waals surface area contributed by atoms with Gasteiger partial charge in [0.1, 0.15) is 17.2 Å². The van der Waals surface area contributed by atoms with E-state index in [1.54, 1.807) is 12.0 Å². The van der Waals surface area contributed by atoms with Crippen LogP contribution in [-0.2, 0) is 4.74 Å². The van der Waals surface area contributed by atoms with Gasteiger partial charge in [0.25, 0.3) is 0 Å². The van der Waals surface area contributed by atoms with Crippen LogP contribution in [0.1, 0.15) is 26.2 Å². The van der Waals surface area contributed by atoms with Crippen LogP contribution in [0.2, 0.25) is 0 Å². The fourth-order valence-electron chi connectivity index (χ4n) is 3.16. The summed E-state index contributed by atoms with van der Waals surface area (Å²) >= 11 is 0. The Hall–Kier alpha value is -2.73. The summed E-state index contributed by atoms with van der Waals surface area (Å²) in [6.45, 7) is 4.04. The third-order valence-corrected chi connectivity index (χ3v) is 4.75. The minimum Gasteiger partial charge on any atom is -0.497 e. The smallest absolute Gasteiger partial charge is 0.321 e. The van der Waals surface area contributed by atoms with Gasteiger partial charge in [-0.15, -0.1) is 0 Å². The van der Waals surface area contributed by atoms with E-state index in [9.17, 15) is 4.79 Å². The van der Waals surface area contributed by atoms with E-state index in [0.29, 0.717) is 24.6 Å². The quantitative estimate of drug-likeness (QED) is 0.737. The molecule has 0 saturated carbocycles. The maximum Gasteiger partial charge on any atom is 0.321 e. The molecule has 0 aromatic heterocycles. The minimum atomic E-state index is -0.113. The number of ether oxygens (including phenoxy) is 3. The van der Waals surface area contributed by atoms with E-state index in [1.165, 1.54) is 6.42 Å². The molecule has 0 radical (unpaired) electrons. The van der Waals surface area contributed by atoms with Gasteiger partial charge in [0.05, 0.1) is 13.2 Å². The Morgan fingerprint density at radius 3 is 2.61 bits per heavy atom. The van der Waals surface area contributed by atoms with E-state index in [2.05, 4.69) is 5.32 Å². The Labute approximate surface area is 166 Å². The fourth-order valence-corrected chi connectivity index (χ4v) is 3.16. The maximum atomic E-state index is 12.6. The zero-order valence-corrected chi connectivity index (χ0v) is 16.5. The molecular weight excluding hydrogens is 356 g/mol. The van der Waals surface area contributed by atoms with Gasteiger partial charge in [0.2, 0.25) is 0 Å². The van der Waals surface area contributed by atoms with Crippen LogP contribution in [0.3, 0.4) is 0 Å². The van der Waals surface area contributed by atoms with E-state index in [1.807, 2.05) is 55.5 Å². The molecule has 1 aliphatic rings. The van der Waals surface area contributed by atoms with E-state index >= 15 is 0 Å². The largest absolute Gasteiger partial charge is 0.497 e. The van der Waals surface area contributed by atoms with E-state index < -0.39 is 0 Å². The van der Waals surface area contributed by atoms with Crippen molar-refractivity contribution in [3.63, 3.8) is 0 Å². The zero-order chi connectivity index (χ0) is 19.8. The molecule has 1 N–H and O–H groups in total. The first-order valence-electron chi connectivity index (χ1n) is 9.77. The van der Waals surface area contributed by atoms with E-state index in [4.69, 9.17) is 14.2 Å². The average Bonchev–Trinajstić information content (AvgIpc) is 2.74. The van der Waals surface area contributed by atoms with Gasteiger partial charge >= 0.3 is 6.03 Å². The first kappa shape index (κ1) is 20.0. The second kappa shape index (κ2) is 9.99. The number of amides is 2. The van der Waals surface area contributed by atoms with Crippen molar-refractivity contribution in [2.75, 3.05) is 32.1 Å². The monoisotopic (exact) mass is 384 g/mol. The molecule has 0 aliphatic carbocycles. The van der Waals surface area contributed by atoms with Crippen LogP contribution in [-0.4, -0.2) is 43.8 Å². The second-order valence-corrected chi connectivity index (χ2v) is 6.76. The molecule has 2 aromatic rings. The highest BCUT2D eigenvalue weighted by atomic mass is 16.5. The van der Waals surface area contributed by atoms with Crippen LogP contribution in [0.15, 0.2) is 48.5 Å². The SMILES string of the molecule is CCN(C[C@H]1CCCCO1)C(=O)Nc1ccc(Oc2cccc(OC)c2)cc1. The van der Waals surface area contributed by atoms with E-state index in [0.717, 1.165) is 30.9 Å². The van der Waals surface area contributed by atoms with Gasteiger partial charge in [-0.3, -0.25) is 0 Å². The van der Waals surface area contributed by atoms with Crippen molar-refractivity contribution in [2.45, 2.75) is 32.3 Å². The van der Waals surface area contributed by atoms with Gasteiger partial charge in [-0.1, -0.05) is 6.07 Å². The molecule has 1 heterocycles. The number of hydrogen-bond acceptors (Lipinski definition) is 4. The molecule has 0 spiro atoms. The molecule has 1 atom stereocenters. The Morgan fingerprint density at radius 1 is 1.14 bits per heavy atom. The predicted octanol–water partition coefficient (Wildman–Crippen LogP) is 4.91. The Kier molecular flexibility index (Phi) is 7.14. The van der Waals surface area contributed by atoms with Gasteiger partial charge < -0.3 is 24.4 Å². The molecule has 28 heavy (non-hydrogen) atoms. The molecule has 1 aliphatic heterocycles. The summed E-state index contributed by atoms with van der Waals surface area (Å²) < 4.78 is 16.8. The Morgan fingerprint density at radius 2 is 1.93 bits per heavy atom. The molecular formula is C22H28N2O4. The lowest BCUT2D eigenvalue weighted by atomic mass is 10.1. The Bertz CT molecular complexity index is 757. The van der Waals surface area contributed by atoms with Crippen LogP contribution in [0.4, 0.5) is 10.5 Å². The van der Waals surface area contributed by atoms with Crippen LogP contribution < -0.4 is 14.8 Å². The normalized spacial score (nSPS) is 16.3. The molecule has 6 heteroatoms. The van der Waals surface area contributed by atoms with Crippen molar-refractivity contribution in [1.29, 1.82) is 0 Å². The molecule has 1 saturated heterocycles. The standard InChI is InChI=1S/C22H28N2O4/c1-3-24(16-21-7-4-5-14-27-21)22(25)23-17-10-12-18(13-11-17)28-20-9-6-8-19(15-20)26-2/h6,8-13,15,21H,3-5,7,14,16H2,1-2H3,(H,23,25)/t21-/m1/s1. The number of methoxy groups -OCH3 is 1. The first-order valence-corrected chi connectivity index (χ1v) is 9.77. The predicted molar refractivity (Wildman–Crippen MR) is 109 cm³/mol. The number of hydrogen-bond donors (Lipinski definition) is 1. The third-order valence-electron chi connectivity index (χ3n) is 4.75. The number of carbonyl (C=O) groups is 1. The number of nitrogens with one attached hydrogen (secondary N) is 1. The lowest BCUT2D eigenvalue weighted by Crippen LogP contribution is -2.41. The molecule has 2 amide bonds. The van der Waals surface area contributed by atoms with Crippen molar-refractivity contribution >= 4 is 11.7 Å². The van der Waals surface area contributed by atoms with Crippen LogP contribution in [0.25, 0.3) is 0 Å². The van der Waals surface area contributed by atoms with Crippen LogP contribution in [0, 0.1) is 0 Å². The lowest BCUT2D eigenvalue weighted by molar-refractivity contribution is 0.00221. The van der Waals surface area contributed by atoms with Crippen molar-refractivity contribution in [3.05, 3.63) is 48.5 Å². The van der Waals surface area contributed by atoms with Gasteiger partial charge in [-0.05, 0) is 62.6 Å². The minimum absolute atomic E-state index is 0.113. The first-order chi connectivity index (χ1) is 13.7. The summed E-state index contributed by atoms with van der Waals surface area (Å²) in [4.78, 5) is 14.4. The topological polar surface area (TPSA) is 60.0 Å². The van der Waals surface area contributed by atoms with Crippen LogP contribution >= 0.6 is 0 Å². The van der Waals surface area contributed by atoms with Crippen molar-refractivity contribution < 1.29 is 19.0 Å². The highest BCUT2D eigenvalue weighted by Crippen LogP contribution is 2.26. The summed E-state index contributed by atoms with van der Waals surface area (Å²) in [6, 6.07) is 14.6. The molecule has 2 aromatic carbocycles. The molecule has 0 unspecified atom stereocenters. The molecule has 6 nitrogen and oxygen atoms in total.